The van der Waals surface area contributed by atoms with Crippen LogP contribution in [0.1, 0.15) is 10.6 Å². The van der Waals surface area contributed by atoms with Crippen molar-refractivity contribution < 1.29 is 14.3 Å². The smallest absolute Gasteiger partial charge is 0.319 e. The molecule has 1 aliphatic rings. The maximum absolute atomic E-state index is 13.2. The van der Waals surface area contributed by atoms with E-state index in [0.29, 0.717) is 32.0 Å². The number of nitrogens with zero attached hydrogens (tertiary/aromatic N) is 6. The van der Waals surface area contributed by atoms with Crippen molar-refractivity contribution in [3.63, 3.8) is 0 Å². The van der Waals surface area contributed by atoms with Gasteiger partial charge in [-0.15, -0.1) is 5.10 Å². The van der Waals surface area contributed by atoms with E-state index in [1.807, 2.05) is 54.6 Å². The van der Waals surface area contributed by atoms with Crippen LogP contribution in [0.3, 0.4) is 0 Å². The van der Waals surface area contributed by atoms with Gasteiger partial charge in [0, 0.05) is 45.8 Å². The van der Waals surface area contributed by atoms with Crippen molar-refractivity contribution in [2.24, 2.45) is 0 Å². The molecule has 0 radical (unpaired) electrons. The highest BCUT2D eigenvalue weighted by Crippen LogP contribution is 2.23. The molecule has 9 heteroatoms. The lowest BCUT2D eigenvalue weighted by atomic mass is 10.2. The second-order valence-electron chi connectivity index (χ2n) is 7.69. The zero-order valence-electron chi connectivity index (χ0n) is 18.4. The van der Waals surface area contributed by atoms with Crippen molar-refractivity contribution in [2.45, 2.75) is 0 Å². The average molecular weight is 435 g/mol. The number of rotatable bonds is 4. The van der Waals surface area contributed by atoms with Crippen molar-refractivity contribution >= 4 is 11.9 Å². The number of carbonyl (C=O) groups excluding carboxylic acids is 2. The van der Waals surface area contributed by atoms with Crippen molar-refractivity contribution in [3.05, 3.63) is 60.4 Å². The van der Waals surface area contributed by atoms with Crippen LogP contribution < -0.4 is 4.74 Å². The highest BCUT2D eigenvalue weighted by molar-refractivity contribution is 5.91. The molecule has 1 aromatic heterocycles. The fraction of sp³-hybridized carbons (Fsp3) is 0.304. The van der Waals surface area contributed by atoms with E-state index >= 15 is 0 Å². The Morgan fingerprint density at radius 3 is 2.12 bits per heavy atom. The maximum atomic E-state index is 13.2. The summed E-state index contributed by atoms with van der Waals surface area (Å²) in [6, 6.07) is 17.0. The molecule has 0 N–H and O–H groups in total. The number of benzene rings is 2. The molecular weight excluding hydrogens is 408 g/mol. The summed E-state index contributed by atoms with van der Waals surface area (Å²) in [6.45, 7) is 1.84. The van der Waals surface area contributed by atoms with E-state index in [1.165, 1.54) is 0 Å². The zero-order valence-corrected chi connectivity index (χ0v) is 18.4. The monoisotopic (exact) mass is 434 g/mol. The van der Waals surface area contributed by atoms with Gasteiger partial charge in [-0.3, -0.25) is 4.79 Å². The molecule has 0 spiro atoms. The molecule has 0 atom stereocenters. The van der Waals surface area contributed by atoms with E-state index in [0.717, 1.165) is 17.0 Å². The standard InChI is InChI=1S/C23H26N6O3/c1-26(2)23(31)28-15-13-27(14-16-28)22(30)20-24-21(17-7-5-4-6-8-17)29(25-20)18-9-11-19(32-3)12-10-18/h4-12H,13-16H2,1-3H3. The van der Waals surface area contributed by atoms with Crippen molar-refractivity contribution in [1.29, 1.82) is 0 Å². The Bertz CT molecular complexity index is 1090. The summed E-state index contributed by atoms with van der Waals surface area (Å²) in [5.41, 5.74) is 1.63. The number of ether oxygens (including phenoxy) is 1. The number of urea groups is 1. The molecule has 1 saturated heterocycles. The minimum atomic E-state index is -0.244. The van der Waals surface area contributed by atoms with Gasteiger partial charge in [0.2, 0.25) is 5.82 Å². The van der Waals surface area contributed by atoms with Crippen LogP contribution in [0, 0.1) is 0 Å². The van der Waals surface area contributed by atoms with E-state index < -0.39 is 0 Å². The van der Waals surface area contributed by atoms with Gasteiger partial charge in [0.15, 0.2) is 5.82 Å². The lowest BCUT2D eigenvalue weighted by Gasteiger charge is -2.35. The van der Waals surface area contributed by atoms with Gasteiger partial charge in [0.25, 0.3) is 5.91 Å². The summed E-state index contributed by atoms with van der Waals surface area (Å²) in [6.07, 6.45) is 0. The largest absolute Gasteiger partial charge is 0.497 e. The molecular formula is C23H26N6O3. The topological polar surface area (TPSA) is 83.8 Å². The third-order valence-corrected chi connectivity index (χ3v) is 5.37. The van der Waals surface area contributed by atoms with Crippen molar-refractivity contribution in [2.75, 3.05) is 47.4 Å². The van der Waals surface area contributed by atoms with Gasteiger partial charge in [-0.05, 0) is 24.3 Å². The molecule has 0 unspecified atom stereocenters. The predicted octanol–water partition coefficient (Wildman–Crippen LogP) is 2.38. The summed E-state index contributed by atoms with van der Waals surface area (Å²) in [4.78, 5) is 34.9. The summed E-state index contributed by atoms with van der Waals surface area (Å²) < 4.78 is 6.92. The molecule has 166 valence electrons. The molecule has 0 bridgehead atoms. The van der Waals surface area contributed by atoms with Crippen LogP contribution in [0.25, 0.3) is 17.1 Å². The van der Waals surface area contributed by atoms with Gasteiger partial charge < -0.3 is 19.4 Å². The molecule has 2 heterocycles. The molecule has 2 aromatic carbocycles. The summed E-state index contributed by atoms with van der Waals surface area (Å²) in [5.74, 6) is 1.20. The third kappa shape index (κ3) is 4.27. The number of piperazine rings is 1. The SMILES string of the molecule is COc1ccc(-n2nc(C(=O)N3CCN(C(=O)N(C)C)CC3)nc2-c2ccccc2)cc1. The number of carbonyl (C=O) groups is 2. The third-order valence-electron chi connectivity index (χ3n) is 5.37. The normalized spacial score (nSPS) is 13.7. The minimum Gasteiger partial charge on any atom is -0.497 e. The van der Waals surface area contributed by atoms with Gasteiger partial charge in [-0.25, -0.2) is 14.5 Å². The fourth-order valence-electron chi connectivity index (χ4n) is 3.61. The van der Waals surface area contributed by atoms with Crippen LogP contribution in [0.15, 0.2) is 54.6 Å². The number of amides is 3. The van der Waals surface area contributed by atoms with E-state index in [1.54, 1.807) is 40.6 Å². The summed E-state index contributed by atoms with van der Waals surface area (Å²) in [7, 11) is 5.06. The first-order valence-electron chi connectivity index (χ1n) is 10.4. The summed E-state index contributed by atoms with van der Waals surface area (Å²) in [5, 5.41) is 4.55. The molecule has 9 nitrogen and oxygen atoms in total. The Hall–Kier alpha value is -3.88. The molecule has 1 fully saturated rings. The molecule has 3 aromatic rings. The maximum Gasteiger partial charge on any atom is 0.319 e. The van der Waals surface area contributed by atoms with Gasteiger partial charge >= 0.3 is 6.03 Å². The highest BCUT2D eigenvalue weighted by atomic mass is 16.5. The Balaban J connectivity index is 1.61. The van der Waals surface area contributed by atoms with Crippen LogP contribution in [0.4, 0.5) is 4.79 Å². The number of methoxy groups -OCH3 is 1. The quantitative estimate of drug-likeness (QED) is 0.630. The zero-order chi connectivity index (χ0) is 22.7. The van der Waals surface area contributed by atoms with Gasteiger partial charge in [0.05, 0.1) is 12.8 Å². The predicted molar refractivity (Wildman–Crippen MR) is 120 cm³/mol. The number of aromatic nitrogens is 3. The van der Waals surface area contributed by atoms with E-state index in [9.17, 15) is 9.59 Å². The van der Waals surface area contributed by atoms with E-state index in [2.05, 4.69) is 10.1 Å². The summed E-state index contributed by atoms with van der Waals surface area (Å²) >= 11 is 0. The Morgan fingerprint density at radius 1 is 0.906 bits per heavy atom. The van der Waals surface area contributed by atoms with Gasteiger partial charge in [0.1, 0.15) is 5.75 Å². The highest BCUT2D eigenvalue weighted by Gasteiger charge is 2.28. The first kappa shape index (κ1) is 21.4. The molecule has 0 saturated carbocycles. The van der Waals surface area contributed by atoms with Gasteiger partial charge in [-0.1, -0.05) is 30.3 Å². The molecule has 4 rings (SSSR count). The van der Waals surface area contributed by atoms with E-state index in [4.69, 9.17) is 4.74 Å². The lowest BCUT2D eigenvalue weighted by Crippen LogP contribution is -2.53. The number of hydrogen-bond acceptors (Lipinski definition) is 5. The van der Waals surface area contributed by atoms with Crippen LogP contribution in [0.2, 0.25) is 0 Å². The van der Waals surface area contributed by atoms with Crippen LogP contribution in [-0.4, -0.2) is 88.8 Å². The fourth-order valence-corrected chi connectivity index (χ4v) is 3.61. The van der Waals surface area contributed by atoms with Crippen molar-refractivity contribution in [3.8, 4) is 22.8 Å². The van der Waals surface area contributed by atoms with Crippen LogP contribution in [-0.2, 0) is 0 Å². The van der Waals surface area contributed by atoms with Crippen LogP contribution in [0.5, 0.6) is 5.75 Å². The van der Waals surface area contributed by atoms with Gasteiger partial charge in [-0.2, -0.15) is 0 Å². The molecule has 0 aliphatic carbocycles. The second kappa shape index (κ2) is 9.09. The first-order valence-corrected chi connectivity index (χ1v) is 10.4. The lowest BCUT2D eigenvalue weighted by molar-refractivity contribution is 0.0638. The Labute approximate surface area is 186 Å². The average Bonchev–Trinajstić information content (AvgIpc) is 3.29. The van der Waals surface area contributed by atoms with Crippen molar-refractivity contribution in [1.82, 2.24) is 29.5 Å². The van der Waals surface area contributed by atoms with Crippen LogP contribution >= 0.6 is 0 Å². The first-order chi connectivity index (χ1) is 15.5. The number of hydrogen-bond donors (Lipinski definition) is 0. The molecule has 1 aliphatic heterocycles. The Kier molecular flexibility index (Phi) is 6.07. The Morgan fingerprint density at radius 2 is 1.53 bits per heavy atom. The molecule has 3 amide bonds. The second-order valence-corrected chi connectivity index (χ2v) is 7.69. The minimum absolute atomic E-state index is 0.0506. The van der Waals surface area contributed by atoms with E-state index in [-0.39, 0.29) is 17.8 Å². The molecule has 32 heavy (non-hydrogen) atoms.